The molecule has 2 aromatic rings. The highest BCUT2D eigenvalue weighted by Gasteiger charge is 2.52. The fourth-order valence-electron chi connectivity index (χ4n) is 2.35. The van der Waals surface area contributed by atoms with Crippen LogP contribution in [0.3, 0.4) is 0 Å². The Kier molecular flexibility index (Phi) is 4.14. The molecule has 3 rings (SSSR count). The van der Waals surface area contributed by atoms with Crippen LogP contribution in [0.4, 0.5) is 8.78 Å². The molecular formula is C18H18BF2O3. The Morgan fingerprint density at radius 2 is 1.67 bits per heavy atom. The standard InChI is InChI=1S/C18H18BF2O3/c1-17(2)18(3,4)24-19(23-17)13-7-5-6-8-15(13)22-16-10-9-12(20)11-14(16)21/h6-11H,1-4H3. The van der Waals surface area contributed by atoms with Gasteiger partial charge in [0, 0.05) is 11.5 Å². The maximum absolute atomic E-state index is 13.9. The molecule has 1 heterocycles. The summed E-state index contributed by atoms with van der Waals surface area (Å²) in [6.45, 7) is 7.78. The average Bonchev–Trinajstić information content (AvgIpc) is 2.71. The Morgan fingerprint density at radius 1 is 1.00 bits per heavy atom. The molecule has 1 fully saturated rings. The lowest BCUT2D eigenvalue weighted by Gasteiger charge is -2.32. The quantitative estimate of drug-likeness (QED) is 0.800. The van der Waals surface area contributed by atoms with Crippen molar-refractivity contribution in [2.24, 2.45) is 0 Å². The van der Waals surface area contributed by atoms with Gasteiger partial charge in [-0.15, -0.1) is 0 Å². The first-order valence-electron chi connectivity index (χ1n) is 7.68. The van der Waals surface area contributed by atoms with Crippen LogP contribution in [0.2, 0.25) is 0 Å². The van der Waals surface area contributed by atoms with Gasteiger partial charge in [-0.25, -0.2) is 8.78 Å². The third-order valence-corrected chi connectivity index (χ3v) is 4.48. The first-order valence-corrected chi connectivity index (χ1v) is 7.68. The van der Waals surface area contributed by atoms with Crippen LogP contribution in [0.25, 0.3) is 0 Å². The molecule has 0 N–H and O–H groups in total. The molecule has 0 saturated carbocycles. The second kappa shape index (κ2) is 5.86. The van der Waals surface area contributed by atoms with Crippen molar-refractivity contribution in [3.8, 4) is 11.5 Å². The van der Waals surface area contributed by atoms with Gasteiger partial charge in [0.1, 0.15) is 11.6 Å². The Hall–Kier alpha value is -1.92. The number of benzene rings is 2. The van der Waals surface area contributed by atoms with Crippen LogP contribution < -0.4 is 10.2 Å². The first-order chi connectivity index (χ1) is 11.2. The maximum Gasteiger partial charge on any atom is 0.498 e. The number of hydrogen-bond acceptors (Lipinski definition) is 3. The average molecular weight is 331 g/mol. The normalized spacial score (nSPS) is 18.7. The Bertz CT molecular complexity index is 746. The summed E-state index contributed by atoms with van der Waals surface area (Å²) in [4.78, 5) is 0. The molecule has 1 aliphatic heterocycles. The number of rotatable bonds is 3. The molecule has 1 aliphatic rings. The maximum atomic E-state index is 13.9. The Labute approximate surface area is 140 Å². The summed E-state index contributed by atoms with van der Waals surface area (Å²) >= 11 is 0. The summed E-state index contributed by atoms with van der Waals surface area (Å²) in [6, 6.07) is 11.1. The summed E-state index contributed by atoms with van der Waals surface area (Å²) in [5, 5.41) is 0. The molecule has 0 unspecified atom stereocenters. The van der Waals surface area contributed by atoms with Gasteiger partial charge in [0.05, 0.1) is 11.2 Å². The third-order valence-electron chi connectivity index (χ3n) is 4.48. The van der Waals surface area contributed by atoms with Gasteiger partial charge in [0.25, 0.3) is 0 Å². The highest BCUT2D eigenvalue weighted by molar-refractivity contribution is 6.63. The van der Waals surface area contributed by atoms with Gasteiger partial charge < -0.3 is 14.0 Å². The molecule has 1 saturated heterocycles. The highest BCUT2D eigenvalue weighted by atomic mass is 19.1. The summed E-state index contributed by atoms with van der Waals surface area (Å²) in [5.41, 5.74) is -0.419. The van der Waals surface area contributed by atoms with Crippen molar-refractivity contribution in [2.45, 2.75) is 38.9 Å². The van der Waals surface area contributed by atoms with E-state index in [2.05, 4.69) is 6.07 Å². The minimum Gasteiger partial charge on any atom is -0.455 e. The van der Waals surface area contributed by atoms with E-state index >= 15 is 0 Å². The van der Waals surface area contributed by atoms with E-state index in [9.17, 15) is 8.78 Å². The minimum absolute atomic E-state index is 0.0691. The molecule has 0 bridgehead atoms. The molecule has 6 heteroatoms. The molecule has 0 aromatic heterocycles. The van der Waals surface area contributed by atoms with Crippen LogP contribution in [0.15, 0.2) is 36.4 Å². The largest absolute Gasteiger partial charge is 0.498 e. The number of ether oxygens (including phenoxy) is 1. The van der Waals surface area contributed by atoms with Crippen LogP contribution >= 0.6 is 0 Å². The van der Waals surface area contributed by atoms with E-state index in [-0.39, 0.29) is 5.75 Å². The van der Waals surface area contributed by atoms with Crippen LogP contribution in [-0.4, -0.2) is 18.3 Å². The Morgan fingerprint density at radius 3 is 2.29 bits per heavy atom. The highest BCUT2D eigenvalue weighted by Crippen LogP contribution is 2.37. The van der Waals surface area contributed by atoms with Crippen molar-refractivity contribution < 1.29 is 22.8 Å². The fraction of sp³-hybridized carbons (Fsp3) is 0.333. The van der Waals surface area contributed by atoms with Crippen LogP contribution in [0.5, 0.6) is 11.5 Å². The molecule has 24 heavy (non-hydrogen) atoms. The van der Waals surface area contributed by atoms with Crippen molar-refractivity contribution in [1.29, 1.82) is 0 Å². The molecule has 1 radical (unpaired) electrons. The molecule has 125 valence electrons. The topological polar surface area (TPSA) is 27.7 Å². The van der Waals surface area contributed by atoms with Crippen molar-refractivity contribution in [2.75, 3.05) is 0 Å². The zero-order valence-electron chi connectivity index (χ0n) is 14.0. The summed E-state index contributed by atoms with van der Waals surface area (Å²) < 4.78 is 44.5. The number of hydrogen-bond donors (Lipinski definition) is 0. The van der Waals surface area contributed by atoms with Crippen molar-refractivity contribution in [1.82, 2.24) is 0 Å². The lowest BCUT2D eigenvalue weighted by molar-refractivity contribution is 0.00578. The van der Waals surface area contributed by atoms with E-state index in [4.69, 9.17) is 14.0 Å². The second-order valence-corrected chi connectivity index (χ2v) is 6.73. The zero-order valence-corrected chi connectivity index (χ0v) is 14.0. The molecule has 0 amide bonds. The molecular weight excluding hydrogens is 313 g/mol. The molecule has 3 nitrogen and oxygen atoms in total. The molecule has 0 aliphatic carbocycles. The lowest BCUT2D eigenvalue weighted by atomic mass is 9.78. The van der Waals surface area contributed by atoms with Crippen molar-refractivity contribution >= 4 is 12.6 Å². The van der Waals surface area contributed by atoms with Gasteiger partial charge in [-0.3, -0.25) is 0 Å². The Balaban J connectivity index is 1.92. The second-order valence-electron chi connectivity index (χ2n) is 6.73. The van der Waals surface area contributed by atoms with Gasteiger partial charge in [0.15, 0.2) is 11.6 Å². The smallest absolute Gasteiger partial charge is 0.455 e. The third kappa shape index (κ3) is 3.04. The summed E-state index contributed by atoms with van der Waals surface area (Å²) in [6.07, 6.45) is 0. The van der Waals surface area contributed by atoms with Crippen LogP contribution in [0, 0.1) is 17.7 Å². The molecule has 0 spiro atoms. The first kappa shape index (κ1) is 16.9. The van der Waals surface area contributed by atoms with Gasteiger partial charge in [0.2, 0.25) is 0 Å². The molecule has 2 aromatic carbocycles. The van der Waals surface area contributed by atoms with Crippen LogP contribution in [-0.2, 0) is 9.31 Å². The van der Waals surface area contributed by atoms with Crippen molar-refractivity contribution in [3.05, 3.63) is 54.1 Å². The molecule has 0 atom stereocenters. The van der Waals surface area contributed by atoms with E-state index in [1.165, 1.54) is 6.07 Å². The SMILES string of the molecule is CC1(C)OB(c2c[c]ccc2Oc2ccc(F)cc2F)OC1(C)C. The monoisotopic (exact) mass is 331 g/mol. The van der Waals surface area contributed by atoms with Gasteiger partial charge in [-0.05, 0) is 52.0 Å². The van der Waals surface area contributed by atoms with Gasteiger partial charge in [-0.2, -0.15) is 0 Å². The van der Waals surface area contributed by atoms with Crippen molar-refractivity contribution in [3.63, 3.8) is 0 Å². The predicted octanol–water partition coefficient (Wildman–Crippen LogP) is 3.86. The lowest BCUT2D eigenvalue weighted by Crippen LogP contribution is -2.41. The minimum atomic E-state index is -0.775. The fourth-order valence-corrected chi connectivity index (χ4v) is 2.35. The van der Waals surface area contributed by atoms with Gasteiger partial charge >= 0.3 is 7.12 Å². The van der Waals surface area contributed by atoms with Gasteiger partial charge in [-0.1, -0.05) is 12.1 Å². The predicted molar refractivity (Wildman–Crippen MR) is 87.4 cm³/mol. The van der Waals surface area contributed by atoms with E-state index < -0.39 is 30.0 Å². The summed E-state index contributed by atoms with van der Waals surface area (Å²) in [7, 11) is -0.661. The summed E-state index contributed by atoms with van der Waals surface area (Å²) in [5.74, 6) is -1.13. The van der Waals surface area contributed by atoms with E-state index in [1.54, 1.807) is 18.2 Å². The van der Waals surface area contributed by atoms with Crippen LogP contribution in [0.1, 0.15) is 27.7 Å². The van der Waals surface area contributed by atoms with E-state index in [1.807, 2.05) is 27.7 Å². The number of halogens is 2. The van der Waals surface area contributed by atoms with E-state index in [0.717, 1.165) is 12.1 Å². The van der Waals surface area contributed by atoms with E-state index in [0.29, 0.717) is 11.2 Å². The zero-order chi connectivity index (χ0) is 17.5.